The van der Waals surface area contributed by atoms with Gasteiger partial charge in [0.25, 0.3) is 0 Å². The molecule has 0 fully saturated rings. The van der Waals surface area contributed by atoms with Crippen LogP contribution >= 0.6 is 11.3 Å². The number of carbonyl (C=O) groups is 1. The zero-order chi connectivity index (χ0) is 18.2. The Labute approximate surface area is 159 Å². The highest BCUT2D eigenvalue weighted by molar-refractivity contribution is 7.12. The van der Waals surface area contributed by atoms with Crippen LogP contribution in [0.25, 0.3) is 22.6 Å². The fourth-order valence-corrected chi connectivity index (χ4v) is 3.82. The van der Waals surface area contributed by atoms with Crippen LogP contribution in [0.2, 0.25) is 0 Å². The second-order valence-electron chi connectivity index (χ2n) is 6.07. The van der Waals surface area contributed by atoms with E-state index in [4.69, 9.17) is 0 Å². The Bertz CT molecular complexity index is 1240. The first-order valence-corrected chi connectivity index (χ1v) is 9.34. The van der Waals surface area contributed by atoms with Crippen LogP contribution < -0.4 is 0 Å². The van der Waals surface area contributed by atoms with Crippen molar-refractivity contribution in [1.82, 2.24) is 19.2 Å². The van der Waals surface area contributed by atoms with Gasteiger partial charge >= 0.3 is 0 Å². The number of ketones is 1. The van der Waals surface area contributed by atoms with Crippen molar-refractivity contribution in [3.05, 3.63) is 95.2 Å². The van der Waals surface area contributed by atoms with E-state index in [2.05, 4.69) is 26.8 Å². The van der Waals surface area contributed by atoms with Crippen LogP contribution in [0.4, 0.5) is 0 Å². The number of hydrogen-bond acceptors (Lipinski definition) is 4. The third kappa shape index (κ3) is 2.67. The number of benzene rings is 1. The summed E-state index contributed by atoms with van der Waals surface area (Å²) in [5.41, 5.74) is 4.04. The van der Waals surface area contributed by atoms with Crippen molar-refractivity contribution in [3.8, 4) is 16.9 Å². The highest BCUT2D eigenvalue weighted by Gasteiger charge is 2.18. The SMILES string of the molecule is O=C(c1cccs1)c1cnn2c(-c3cccc(-n4cccc4)c3)ccnc12. The Hall–Kier alpha value is -3.51. The molecule has 0 N–H and O–H groups in total. The van der Waals surface area contributed by atoms with Gasteiger partial charge in [0, 0.05) is 29.8 Å². The van der Waals surface area contributed by atoms with E-state index in [0.29, 0.717) is 16.1 Å². The van der Waals surface area contributed by atoms with E-state index < -0.39 is 0 Å². The number of carbonyl (C=O) groups excluding carboxylic acids is 1. The lowest BCUT2D eigenvalue weighted by atomic mass is 10.1. The molecule has 6 heteroatoms. The smallest absolute Gasteiger partial charge is 0.208 e. The number of aromatic nitrogens is 4. The quantitative estimate of drug-likeness (QED) is 0.438. The van der Waals surface area contributed by atoms with Crippen LogP contribution in [0.1, 0.15) is 15.2 Å². The molecule has 4 aromatic heterocycles. The van der Waals surface area contributed by atoms with Crippen molar-refractivity contribution in [2.24, 2.45) is 0 Å². The molecule has 0 spiro atoms. The highest BCUT2D eigenvalue weighted by atomic mass is 32.1. The molecule has 0 unspecified atom stereocenters. The lowest BCUT2D eigenvalue weighted by Gasteiger charge is -2.08. The molecule has 0 aliphatic carbocycles. The van der Waals surface area contributed by atoms with Gasteiger partial charge in [-0.3, -0.25) is 4.79 Å². The van der Waals surface area contributed by atoms with Crippen molar-refractivity contribution in [1.29, 1.82) is 0 Å². The first-order chi connectivity index (χ1) is 13.3. The lowest BCUT2D eigenvalue weighted by molar-refractivity contribution is 0.104. The van der Waals surface area contributed by atoms with Crippen molar-refractivity contribution < 1.29 is 4.79 Å². The highest BCUT2D eigenvalue weighted by Crippen LogP contribution is 2.25. The van der Waals surface area contributed by atoms with Gasteiger partial charge in [0.1, 0.15) is 0 Å². The van der Waals surface area contributed by atoms with Gasteiger partial charge in [-0.2, -0.15) is 5.10 Å². The first-order valence-electron chi connectivity index (χ1n) is 8.46. The molecule has 0 aliphatic rings. The Balaban J connectivity index is 1.63. The van der Waals surface area contributed by atoms with E-state index in [9.17, 15) is 4.79 Å². The van der Waals surface area contributed by atoms with E-state index in [0.717, 1.165) is 16.9 Å². The van der Waals surface area contributed by atoms with Crippen LogP contribution in [0.5, 0.6) is 0 Å². The molecule has 0 saturated heterocycles. The third-order valence-electron chi connectivity index (χ3n) is 4.44. The van der Waals surface area contributed by atoms with E-state index in [1.54, 1.807) is 16.9 Å². The maximum Gasteiger partial charge on any atom is 0.208 e. The maximum absolute atomic E-state index is 12.8. The van der Waals surface area contributed by atoms with E-state index >= 15 is 0 Å². The molecule has 5 nitrogen and oxygen atoms in total. The Kier molecular flexibility index (Phi) is 3.69. The average molecular weight is 370 g/mol. The zero-order valence-corrected chi connectivity index (χ0v) is 15.0. The van der Waals surface area contributed by atoms with Gasteiger partial charge in [-0.05, 0) is 41.8 Å². The number of fused-ring (bicyclic) bond motifs is 1. The summed E-state index contributed by atoms with van der Waals surface area (Å²) in [4.78, 5) is 17.9. The molecular formula is C21H14N4OS. The average Bonchev–Trinajstić information content (AvgIpc) is 3.49. The minimum Gasteiger partial charge on any atom is -0.324 e. The number of rotatable bonds is 4. The fraction of sp³-hybridized carbons (Fsp3) is 0. The molecule has 0 aliphatic heterocycles. The minimum atomic E-state index is -0.0502. The fourth-order valence-electron chi connectivity index (χ4n) is 3.14. The van der Waals surface area contributed by atoms with Crippen molar-refractivity contribution in [2.75, 3.05) is 0 Å². The van der Waals surface area contributed by atoms with Gasteiger partial charge < -0.3 is 4.57 Å². The first kappa shape index (κ1) is 15.7. The summed E-state index contributed by atoms with van der Waals surface area (Å²) in [5.74, 6) is -0.0502. The summed E-state index contributed by atoms with van der Waals surface area (Å²) in [6.45, 7) is 0. The lowest BCUT2D eigenvalue weighted by Crippen LogP contribution is -2.01. The number of thiophene rings is 1. The van der Waals surface area contributed by atoms with Crippen LogP contribution in [0, 0.1) is 0 Å². The second-order valence-corrected chi connectivity index (χ2v) is 7.02. The van der Waals surface area contributed by atoms with Gasteiger partial charge in [-0.1, -0.05) is 18.2 Å². The van der Waals surface area contributed by atoms with Crippen molar-refractivity contribution in [3.63, 3.8) is 0 Å². The topological polar surface area (TPSA) is 52.2 Å². The molecule has 0 amide bonds. The molecule has 5 aromatic rings. The van der Waals surface area contributed by atoms with Crippen molar-refractivity contribution >= 4 is 22.8 Å². The minimum absolute atomic E-state index is 0.0502. The summed E-state index contributed by atoms with van der Waals surface area (Å²) < 4.78 is 3.78. The standard InChI is InChI=1S/C21H14N4OS/c26-20(19-7-4-12-27-19)17-14-23-25-18(8-9-22-21(17)25)15-5-3-6-16(13-15)24-10-1-2-11-24/h1-14H. The van der Waals surface area contributed by atoms with Crippen LogP contribution in [-0.4, -0.2) is 24.9 Å². The monoisotopic (exact) mass is 370 g/mol. The van der Waals surface area contributed by atoms with Gasteiger partial charge in [0.15, 0.2) is 5.65 Å². The van der Waals surface area contributed by atoms with E-state index in [-0.39, 0.29) is 5.78 Å². The molecule has 27 heavy (non-hydrogen) atoms. The summed E-state index contributed by atoms with van der Waals surface area (Å²) >= 11 is 1.42. The van der Waals surface area contributed by atoms with Crippen LogP contribution in [0.15, 0.2) is 84.8 Å². The summed E-state index contributed by atoms with van der Waals surface area (Å²) in [6.07, 6.45) is 7.34. The molecule has 1 aromatic carbocycles. The summed E-state index contributed by atoms with van der Waals surface area (Å²) in [6, 6.07) is 17.8. The Morgan fingerprint density at radius 2 is 1.89 bits per heavy atom. The normalized spacial score (nSPS) is 11.1. The molecule has 0 atom stereocenters. The largest absolute Gasteiger partial charge is 0.324 e. The van der Waals surface area contributed by atoms with Gasteiger partial charge in [-0.25, -0.2) is 9.50 Å². The Morgan fingerprint density at radius 3 is 2.70 bits per heavy atom. The summed E-state index contributed by atoms with van der Waals surface area (Å²) in [7, 11) is 0. The van der Waals surface area contributed by atoms with E-state index in [1.807, 2.05) is 60.2 Å². The molecule has 4 heterocycles. The van der Waals surface area contributed by atoms with Gasteiger partial charge in [-0.15, -0.1) is 11.3 Å². The molecule has 0 bridgehead atoms. The van der Waals surface area contributed by atoms with Crippen molar-refractivity contribution in [2.45, 2.75) is 0 Å². The second kappa shape index (κ2) is 6.34. The van der Waals surface area contributed by atoms with Gasteiger partial charge in [0.2, 0.25) is 5.78 Å². The Morgan fingerprint density at radius 1 is 1.00 bits per heavy atom. The summed E-state index contributed by atoms with van der Waals surface area (Å²) in [5, 5.41) is 6.34. The van der Waals surface area contributed by atoms with Gasteiger partial charge in [0.05, 0.1) is 22.3 Å². The number of hydrogen-bond donors (Lipinski definition) is 0. The number of nitrogens with zero attached hydrogens (tertiary/aromatic N) is 4. The van der Waals surface area contributed by atoms with Crippen LogP contribution in [0.3, 0.4) is 0 Å². The van der Waals surface area contributed by atoms with Crippen LogP contribution in [-0.2, 0) is 0 Å². The predicted molar refractivity (Wildman–Crippen MR) is 106 cm³/mol. The third-order valence-corrected chi connectivity index (χ3v) is 5.30. The maximum atomic E-state index is 12.8. The molecule has 130 valence electrons. The molecule has 0 radical (unpaired) electrons. The van der Waals surface area contributed by atoms with E-state index in [1.165, 1.54) is 11.3 Å². The molecule has 5 rings (SSSR count). The molecular weight excluding hydrogens is 356 g/mol. The molecule has 0 saturated carbocycles. The zero-order valence-electron chi connectivity index (χ0n) is 14.2. The predicted octanol–water partition coefficient (Wildman–Crippen LogP) is 4.48.